The number of rotatable bonds is 17. The van der Waals surface area contributed by atoms with Crippen molar-refractivity contribution in [1.29, 1.82) is 0 Å². The Labute approximate surface area is 408 Å². The van der Waals surface area contributed by atoms with Crippen molar-refractivity contribution >= 4 is 81.7 Å². The number of nitrogens with one attached hydrogen (secondary N) is 4. The predicted molar refractivity (Wildman–Crippen MR) is 259 cm³/mol. The molecule has 2 heterocycles. The minimum absolute atomic E-state index is 0.0153. The molecule has 374 valence electrons. The number of benzene rings is 4. The molecule has 6 rings (SSSR count). The summed E-state index contributed by atoms with van der Waals surface area (Å²) in [7, 11) is 2.42. The van der Waals surface area contributed by atoms with Crippen LogP contribution >= 0.6 is 0 Å². The van der Waals surface area contributed by atoms with Crippen LogP contribution in [-0.4, -0.2) is 99.2 Å². The van der Waals surface area contributed by atoms with Crippen LogP contribution in [0.15, 0.2) is 97.1 Å². The van der Waals surface area contributed by atoms with Crippen molar-refractivity contribution in [2.45, 2.75) is 79.5 Å². The van der Waals surface area contributed by atoms with Crippen molar-refractivity contribution in [2.24, 2.45) is 5.92 Å². The Morgan fingerprint density at radius 2 is 1.06 bits per heavy atom. The molecule has 0 saturated carbocycles. The molecule has 0 saturated heterocycles. The van der Waals surface area contributed by atoms with Crippen molar-refractivity contribution in [3.05, 3.63) is 119 Å². The summed E-state index contributed by atoms with van der Waals surface area (Å²) in [5.41, 5.74) is 3.05. The standard InChI is InChI=1S/C30H37N5O8.C20H19N3O5/c1-18(2)14-22(33-29(40)43-30(3,4)5)26(38)31-16-24(36)42-17-35-23-13-12-20(25(37)19-10-8-7-9-11-19)15-21(23)32-27(35)34-28(39)41-6;1-3-17(24)28-12-23-16-10-9-14(18(25)13-7-5-4-6-8-13)11-15(16)21-19(23)22-20(26)27-2/h7-13,15,18,22H,14,16-17H2,1-6H3,(H,31,38)(H,33,40)(H,32,34,39);4-11H,3,12H2,1-2H3,(H,21,22,26)/t22-;/m0./s1. The highest BCUT2D eigenvalue weighted by molar-refractivity contribution is 6.11. The molecule has 71 heavy (non-hydrogen) atoms. The molecule has 0 bridgehead atoms. The number of esters is 2. The Kier molecular flexibility index (Phi) is 18.5. The zero-order chi connectivity index (χ0) is 51.8. The number of hydrogen-bond acceptors (Lipinski definition) is 15. The number of ether oxygens (including phenoxy) is 5. The van der Waals surface area contributed by atoms with Crippen molar-refractivity contribution in [1.82, 2.24) is 29.7 Å². The van der Waals surface area contributed by atoms with Crippen LogP contribution < -0.4 is 21.3 Å². The largest absolute Gasteiger partial charge is 0.453 e. The van der Waals surface area contributed by atoms with E-state index in [4.69, 9.17) is 14.2 Å². The van der Waals surface area contributed by atoms with E-state index in [1.165, 1.54) is 23.4 Å². The Balaban J connectivity index is 0.000000288. The number of hydrogen-bond donors (Lipinski definition) is 4. The fourth-order valence-electron chi connectivity index (χ4n) is 6.65. The first kappa shape index (κ1) is 53.3. The average Bonchev–Trinajstić information content (AvgIpc) is 3.88. The molecule has 0 aliphatic rings. The van der Waals surface area contributed by atoms with Crippen LogP contribution in [-0.2, 0) is 51.5 Å². The lowest BCUT2D eigenvalue weighted by Crippen LogP contribution is -2.49. The maximum Gasteiger partial charge on any atom is 0.413 e. The van der Waals surface area contributed by atoms with Gasteiger partial charge in [0.25, 0.3) is 0 Å². The summed E-state index contributed by atoms with van der Waals surface area (Å²) in [6.07, 6.45) is -1.72. The Morgan fingerprint density at radius 1 is 0.606 bits per heavy atom. The first-order valence-electron chi connectivity index (χ1n) is 22.3. The number of nitrogens with zero attached hydrogens (tertiary/aromatic N) is 4. The highest BCUT2D eigenvalue weighted by Crippen LogP contribution is 2.25. The second-order valence-electron chi connectivity index (χ2n) is 16.9. The highest BCUT2D eigenvalue weighted by Gasteiger charge is 2.26. The first-order valence-corrected chi connectivity index (χ1v) is 22.3. The van der Waals surface area contributed by atoms with E-state index in [1.54, 1.807) is 113 Å². The number of aromatic nitrogens is 4. The average molecular weight is 977 g/mol. The summed E-state index contributed by atoms with van der Waals surface area (Å²) in [6.45, 7) is 9.60. The van der Waals surface area contributed by atoms with Gasteiger partial charge in [0.05, 0.1) is 36.3 Å². The van der Waals surface area contributed by atoms with Gasteiger partial charge in [0.2, 0.25) is 17.8 Å². The number of imidazole rings is 2. The maximum atomic E-state index is 12.9. The first-order chi connectivity index (χ1) is 33.8. The van der Waals surface area contributed by atoms with E-state index in [1.807, 2.05) is 26.0 Å². The molecule has 1 atom stereocenters. The summed E-state index contributed by atoms with van der Waals surface area (Å²) < 4.78 is 28.0. The lowest BCUT2D eigenvalue weighted by molar-refractivity contribution is -0.147. The van der Waals surface area contributed by atoms with Gasteiger partial charge in [-0.2, -0.15) is 0 Å². The van der Waals surface area contributed by atoms with Crippen LogP contribution in [0.5, 0.6) is 0 Å². The van der Waals surface area contributed by atoms with Crippen LogP contribution in [0, 0.1) is 5.92 Å². The Hall–Kier alpha value is -8.62. The third kappa shape index (κ3) is 15.2. The van der Waals surface area contributed by atoms with Crippen LogP contribution in [0.25, 0.3) is 22.1 Å². The van der Waals surface area contributed by atoms with Crippen LogP contribution in [0.4, 0.5) is 26.3 Å². The third-order valence-electron chi connectivity index (χ3n) is 10.0. The topological polar surface area (TPSA) is 266 Å². The fourth-order valence-corrected chi connectivity index (χ4v) is 6.65. The van der Waals surface area contributed by atoms with Crippen LogP contribution in [0.3, 0.4) is 0 Å². The maximum absolute atomic E-state index is 12.9. The van der Waals surface area contributed by atoms with E-state index >= 15 is 0 Å². The summed E-state index contributed by atoms with van der Waals surface area (Å²) in [5.74, 6) is -1.87. The number of methoxy groups -OCH3 is 2. The van der Waals surface area contributed by atoms with Gasteiger partial charge in [-0.25, -0.2) is 24.4 Å². The number of anilines is 2. The van der Waals surface area contributed by atoms with Crippen molar-refractivity contribution in [2.75, 3.05) is 31.4 Å². The summed E-state index contributed by atoms with van der Waals surface area (Å²) in [5, 5.41) is 9.97. The third-order valence-corrected chi connectivity index (χ3v) is 10.0. The Bertz CT molecular complexity index is 2890. The molecule has 0 aliphatic heterocycles. The van der Waals surface area contributed by atoms with Gasteiger partial charge in [0, 0.05) is 28.7 Å². The van der Waals surface area contributed by atoms with E-state index in [9.17, 15) is 38.4 Å². The zero-order valence-electron chi connectivity index (χ0n) is 40.5. The minimum atomic E-state index is -0.927. The van der Waals surface area contributed by atoms with Gasteiger partial charge in [-0.1, -0.05) is 81.4 Å². The molecular formula is C50H56N8O13. The monoisotopic (exact) mass is 976 g/mol. The van der Waals surface area contributed by atoms with E-state index in [2.05, 4.69) is 40.7 Å². The molecular weight excluding hydrogens is 921 g/mol. The molecule has 6 aromatic rings. The molecule has 4 aromatic carbocycles. The van der Waals surface area contributed by atoms with E-state index in [0.29, 0.717) is 50.7 Å². The molecule has 2 aromatic heterocycles. The predicted octanol–water partition coefficient (Wildman–Crippen LogP) is 7.36. The van der Waals surface area contributed by atoms with Gasteiger partial charge in [-0.15, -0.1) is 0 Å². The van der Waals surface area contributed by atoms with E-state index < -0.39 is 48.3 Å². The van der Waals surface area contributed by atoms with Gasteiger partial charge >= 0.3 is 30.2 Å². The van der Waals surface area contributed by atoms with E-state index in [-0.39, 0.29) is 55.2 Å². The van der Waals surface area contributed by atoms with Crippen molar-refractivity contribution < 1.29 is 62.0 Å². The molecule has 4 amide bonds. The second kappa shape index (κ2) is 24.6. The minimum Gasteiger partial charge on any atom is -0.453 e. The van der Waals surface area contributed by atoms with Crippen LogP contribution in [0.2, 0.25) is 0 Å². The lowest BCUT2D eigenvalue weighted by Gasteiger charge is -2.24. The molecule has 0 spiro atoms. The smallest absolute Gasteiger partial charge is 0.413 e. The van der Waals surface area contributed by atoms with Crippen molar-refractivity contribution in [3.63, 3.8) is 0 Å². The van der Waals surface area contributed by atoms with E-state index in [0.717, 1.165) is 0 Å². The van der Waals surface area contributed by atoms with Gasteiger partial charge in [-0.3, -0.25) is 43.7 Å². The summed E-state index contributed by atoms with van der Waals surface area (Å²) >= 11 is 0. The zero-order valence-corrected chi connectivity index (χ0v) is 40.5. The number of amides is 4. The lowest BCUT2D eigenvalue weighted by atomic mass is 10.0. The molecule has 21 nitrogen and oxygen atoms in total. The number of carbonyl (C=O) groups excluding carboxylic acids is 8. The summed E-state index contributed by atoms with van der Waals surface area (Å²) in [6, 6.07) is 26.5. The molecule has 4 N–H and O–H groups in total. The molecule has 0 radical (unpaired) electrons. The summed E-state index contributed by atoms with van der Waals surface area (Å²) in [4.78, 5) is 107. The van der Waals surface area contributed by atoms with Gasteiger partial charge in [-0.05, 0) is 69.5 Å². The number of carbonyl (C=O) groups is 8. The van der Waals surface area contributed by atoms with Gasteiger partial charge < -0.3 is 34.3 Å². The van der Waals surface area contributed by atoms with Crippen LogP contribution in [0.1, 0.15) is 86.2 Å². The normalized spacial score (nSPS) is 11.3. The second-order valence-corrected chi connectivity index (χ2v) is 16.9. The molecule has 0 aliphatic carbocycles. The molecule has 0 unspecified atom stereocenters. The fraction of sp³-hybridized carbons (Fsp3) is 0.320. The molecule has 0 fully saturated rings. The van der Waals surface area contributed by atoms with Gasteiger partial charge in [0.1, 0.15) is 18.2 Å². The highest BCUT2D eigenvalue weighted by atomic mass is 16.6. The van der Waals surface area contributed by atoms with Crippen molar-refractivity contribution in [3.8, 4) is 0 Å². The Morgan fingerprint density at radius 3 is 1.46 bits per heavy atom. The quantitative estimate of drug-likeness (QED) is 0.0395. The SMILES string of the molecule is CCC(=O)OCn1c(NC(=O)OC)nc2cc(C(=O)c3ccccc3)ccc21.COC(=O)Nc1nc2cc(C(=O)c3ccccc3)ccc2n1COC(=O)CNC(=O)[C@H](CC(C)C)NC(=O)OC(C)(C)C. The number of fused-ring (bicyclic) bond motifs is 2. The van der Waals surface area contributed by atoms with Gasteiger partial charge in [0.15, 0.2) is 25.0 Å². The number of ketones is 2. The molecule has 21 heteroatoms. The number of alkyl carbamates (subject to hydrolysis) is 1.